The number of hydrogen-bond donors (Lipinski definition) is 2. The summed E-state index contributed by atoms with van der Waals surface area (Å²) in [5.41, 5.74) is 7.95. The van der Waals surface area contributed by atoms with Gasteiger partial charge in [-0.15, -0.1) is 10.2 Å². The second kappa shape index (κ2) is 7.64. The molecule has 2 amide bonds. The van der Waals surface area contributed by atoms with E-state index in [0.29, 0.717) is 11.7 Å². The average Bonchev–Trinajstić information content (AvgIpc) is 2.89. The number of carbonyl (C=O) groups is 1. The van der Waals surface area contributed by atoms with E-state index >= 15 is 0 Å². The normalized spacial score (nSPS) is 16.4. The van der Waals surface area contributed by atoms with E-state index in [1.807, 2.05) is 30.3 Å². The highest BCUT2D eigenvalue weighted by molar-refractivity contribution is 7.15. The highest BCUT2D eigenvalue weighted by Crippen LogP contribution is 2.21. The first-order valence-corrected chi connectivity index (χ1v) is 9.16. The Morgan fingerprint density at radius 1 is 1.32 bits per heavy atom. The van der Waals surface area contributed by atoms with Gasteiger partial charge in [-0.05, 0) is 31.9 Å². The SMILES string of the molecule is Cc1cnccc1N1CCCN(C(=O)NC(C)c2nnc(N)s2)CC1. The molecule has 1 saturated heterocycles. The number of carbonyl (C=O) groups excluding carboxylic acids is 1. The van der Waals surface area contributed by atoms with Crippen LogP contribution in [-0.2, 0) is 0 Å². The third-order valence-electron chi connectivity index (χ3n) is 4.28. The predicted octanol–water partition coefficient (Wildman–Crippen LogP) is 1.81. The van der Waals surface area contributed by atoms with E-state index in [2.05, 4.69) is 32.3 Å². The molecular formula is C16H23N7OS. The Kier molecular flexibility index (Phi) is 5.32. The van der Waals surface area contributed by atoms with Gasteiger partial charge in [-0.3, -0.25) is 4.98 Å². The van der Waals surface area contributed by atoms with E-state index in [-0.39, 0.29) is 12.1 Å². The van der Waals surface area contributed by atoms with Crippen LogP contribution in [0.5, 0.6) is 0 Å². The maximum atomic E-state index is 12.6. The maximum absolute atomic E-state index is 12.6. The quantitative estimate of drug-likeness (QED) is 0.865. The van der Waals surface area contributed by atoms with E-state index in [1.165, 1.54) is 17.0 Å². The van der Waals surface area contributed by atoms with Gasteiger partial charge in [0.2, 0.25) is 5.13 Å². The smallest absolute Gasteiger partial charge is 0.318 e. The molecule has 1 aliphatic rings. The number of urea groups is 1. The van der Waals surface area contributed by atoms with Gasteiger partial charge in [0.1, 0.15) is 5.01 Å². The van der Waals surface area contributed by atoms with Crippen LogP contribution in [0.15, 0.2) is 18.5 Å². The molecule has 0 aliphatic carbocycles. The highest BCUT2D eigenvalue weighted by Gasteiger charge is 2.22. The number of aromatic nitrogens is 3. The van der Waals surface area contributed by atoms with E-state index in [1.54, 1.807) is 0 Å². The summed E-state index contributed by atoms with van der Waals surface area (Å²) >= 11 is 1.30. The number of hydrogen-bond acceptors (Lipinski definition) is 7. The Hall–Kier alpha value is -2.42. The summed E-state index contributed by atoms with van der Waals surface area (Å²) in [6.07, 6.45) is 4.61. The summed E-state index contributed by atoms with van der Waals surface area (Å²) in [4.78, 5) is 20.9. The van der Waals surface area contributed by atoms with Crippen LogP contribution < -0.4 is 16.0 Å². The van der Waals surface area contributed by atoms with Crippen molar-refractivity contribution in [3.8, 4) is 0 Å². The van der Waals surface area contributed by atoms with Gasteiger partial charge in [0.15, 0.2) is 0 Å². The van der Waals surface area contributed by atoms with Gasteiger partial charge in [0, 0.05) is 44.3 Å². The minimum Gasteiger partial charge on any atom is -0.374 e. The molecule has 0 radical (unpaired) electrons. The molecule has 2 aromatic heterocycles. The largest absolute Gasteiger partial charge is 0.374 e. The van der Waals surface area contributed by atoms with Gasteiger partial charge in [0.05, 0.1) is 6.04 Å². The Bertz CT molecular complexity index is 735. The zero-order valence-electron chi connectivity index (χ0n) is 14.5. The van der Waals surface area contributed by atoms with Gasteiger partial charge < -0.3 is 20.9 Å². The number of nitrogens with zero attached hydrogens (tertiary/aromatic N) is 5. The number of nitrogens with one attached hydrogen (secondary N) is 1. The third kappa shape index (κ3) is 4.16. The number of nitrogen functional groups attached to an aromatic ring is 1. The minimum atomic E-state index is -0.205. The molecule has 9 heteroatoms. The van der Waals surface area contributed by atoms with Crippen molar-refractivity contribution < 1.29 is 4.79 Å². The molecule has 0 bridgehead atoms. The minimum absolute atomic E-state index is 0.0745. The zero-order chi connectivity index (χ0) is 17.8. The molecule has 0 saturated carbocycles. The number of nitrogens with two attached hydrogens (primary N) is 1. The monoisotopic (exact) mass is 361 g/mol. The van der Waals surface area contributed by atoms with Crippen LogP contribution in [0.1, 0.15) is 30.0 Å². The average molecular weight is 361 g/mol. The lowest BCUT2D eigenvalue weighted by Crippen LogP contribution is -2.43. The molecule has 134 valence electrons. The first kappa shape index (κ1) is 17.4. The Labute approximate surface area is 151 Å². The molecule has 3 heterocycles. The molecule has 3 rings (SSSR count). The number of aryl methyl sites for hydroxylation is 1. The van der Waals surface area contributed by atoms with Crippen LogP contribution in [0.25, 0.3) is 0 Å². The Balaban J connectivity index is 1.59. The van der Waals surface area contributed by atoms with Crippen molar-refractivity contribution in [3.63, 3.8) is 0 Å². The van der Waals surface area contributed by atoms with Gasteiger partial charge in [-0.1, -0.05) is 11.3 Å². The summed E-state index contributed by atoms with van der Waals surface area (Å²) < 4.78 is 0. The van der Waals surface area contributed by atoms with E-state index in [4.69, 9.17) is 5.73 Å². The third-order valence-corrected chi connectivity index (χ3v) is 5.22. The second-order valence-corrected chi connectivity index (χ2v) is 7.18. The van der Waals surface area contributed by atoms with Crippen LogP contribution in [0, 0.1) is 6.92 Å². The van der Waals surface area contributed by atoms with Crippen LogP contribution in [0.2, 0.25) is 0 Å². The van der Waals surface area contributed by atoms with Crippen molar-refractivity contribution >= 4 is 28.2 Å². The molecule has 25 heavy (non-hydrogen) atoms. The van der Waals surface area contributed by atoms with Crippen LogP contribution >= 0.6 is 11.3 Å². The molecule has 0 spiro atoms. The van der Waals surface area contributed by atoms with Gasteiger partial charge in [-0.2, -0.15) is 0 Å². The summed E-state index contributed by atoms with van der Waals surface area (Å²) in [6.45, 7) is 7.10. The van der Waals surface area contributed by atoms with Crippen molar-refractivity contribution in [2.45, 2.75) is 26.3 Å². The van der Waals surface area contributed by atoms with Crippen molar-refractivity contribution in [2.24, 2.45) is 0 Å². The highest BCUT2D eigenvalue weighted by atomic mass is 32.1. The summed E-state index contributed by atoms with van der Waals surface area (Å²) in [6, 6.07) is 1.76. The second-order valence-electron chi connectivity index (χ2n) is 6.14. The van der Waals surface area contributed by atoms with E-state index in [0.717, 1.165) is 36.6 Å². The van der Waals surface area contributed by atoms with Crippen LogP contribution in [-0.4, -0.2) is 52.3 Å². The van der Waals surface area contributed by atoms with E-state index < -0.39 is 0 Å². The van der Waals surface area contributed by atoms with Crippen molar-refractivity contribution in [3.05, 3.63) is 29.0 Å². The Morgan fingerprint density at radius 3 is 2.88 bits per heavy atom. The molecule has 1 atom stereocenters. The van der Waals surface area contributed by atoms with Crippen molar-refractivity contribution in [1.82, 2.24) is 25.4 Å². The Morgan fingerprint density at radius 2 is 2.16 bits per heavy atom. The summed E-state index contributed by atoms with van der Waals surface area (Å²) in [7, 11) is 0. The fourth-order valence-electron chi connectivity index (χ4n) is 2.94. The topological polar surface area (TPSA) is 100 Å². The lowest BCUT2D eigenvalue weighted by atomic mass is 10.2. The van der Waals surface area contributed by atoms with Crippen LogP contribution in [0.3, 0.4) is 0 Å². The molecular weight excluding hydrogens is 338 g/mol. The van der Waals surface area contributed by atoms with Gasteiger partial charge in [-0.25, -0.2) is 4.79 Å². The lowest BCUT2D eigenvalue weighted by molar-refractivity contribution is 0.198. The first-order chi connectivity index (χ1) is 12.0. The molecule has 1 aliphatic heterocycles. The molecule has 1 fully saturated rings. The van der Waals surface area contributed by atoms with Gasteiger partial charge in [0.25, 0.3) is 0 Å². The van der Waals surface area contributed by atoms with Gasteiger partial charge >= 0.3 is 6.03 Å². The fraction of sp³-hybridized carbons (Fsp3) is 0.500. The number of amides is 2. The standard InChI is InChI=1S/C16H23N7OS/c1-11-10-18-5-4-13(11)22-6-3-7-23(9-8-22)16(24)19-12(2)14-20-21-15(17)25-14/h4-5,10,12H,3,6-9H2,1-2H3,(H2,17,21)(H,19,24). The van der Waals surface area contributed by atoms with Crippen molar-refractivity contribution in [2.75, 3.05) is 36.8 Å². The summed E-state index contributed by atoms with van der Waals surface area (Å²) in [5.74, 6) is 0. The van der Waals surface area contributed by atoms with Crippen molar-refractivity contribution in [1.29, 1.82) is 0 Å². The molecule has 1 unspecified atom stereocenters. The summed E-state index contributed by atoms with van der Waals surface area (Å²) in [5, 5.41) is 11.9. The molecule has 0 aromatic carbocycles. The molecule has 2 aromatic rings. The molecule has 3 N–H and O–H groups in total. The number of pyridine rings is 1. The first-order valence-electron chi connectivity index (χ1n) is 8.34. The van der Waals surface area contributed by atoms with E-state index in [9.17, 15) is 4.79 Å². The lowest BCUT2D eigenvalue weighted by Gasteiger charge is -2.25. The predicted molar refractivity (Wildman–Crippen MR) is 98.6 cm³/mol. The fourth-order valence-corrected chi connectivity index (χ4v) is 3.56. The van der Waals surface area contributed by atoms with Crippen LogP contribution in [0.4, 0.5) is 15.6 Å². The number of anilines is 2. The maximum Gasteiger partial charge on any atom is 0.318 e. The molecule has 8 nitrogen and oxygen atoms in total. The number of rotatable bonds is 3. The zero-order valence-corrected chi connectivity index (χ0v) is 15.3.